The number of hydrogen-bond donors (Lipinski definition) is 1. The van der Waals surface area contributed by atoms with E-state index in [2.05, 4.69) is 0 Å². The molecule has 0 spiro atoms. The van der Waals surface area contributed by atoms with Gasteiger partial charge in [-0.2, -0.15) is 0 Å². The first-order valence-corrected chi connectivity index (χ1v) is 9.50. The number of rotatable bonds is 6. The number of carboxylic acids is 1. The van der Waals surface area contributed by atoms with E-state index in [0.717, 1.165) is 12.1 Å². The molecule has 0 aliphatic rings. The van der Waals surface area contributed by atoms with Crippen LogP contribution in [0.1, 0.15) is 31.8 Å². The lowest BCUT2D eigenvalue weighted by molar-refractivity contribution is 0.0693. The molecular formula is C22H15Cl2F2NO3. The Hall–Kier alpha value is -2.96. The van der Waals surface area contributed by atoms with Crippen LogP contribution in [0.25, 0.3) is 0 Å². The fourth-order valence-electron chi connectivity index (χ4n) is 2.89. The Bertz CT molecular complexity index is 1080. The third-order valence-electron chi connectivity index (χ3n) is 4.35. The van der Waals surface area contributed by atoms with Crippen molar-refractivity contribution in [3.63, 3.8) is 0 Å². The molecule has 0 bridgehead atoms. The molecule has 3 aromatic carbocycles. The quantitative estimate of drug-likeness (QED) is 0.516. The van der Waals surface area contributed by atoms with Crippen LogP contribution in [-0.2, 0) is 13.1 Å². The molecule has 0 saturated heterocycles. The number of aromatic carboxylic acids is 1. The van der Waals surface area contributed by atoms with Crippen molar-refractivity contribution in [1.82, 2.24) is 4.90 Å². The molecule has 0 atom stereocenters. The fourth-order valence-corrected chi connectivity index (χ4v) is 3.36. The van der Waals surface area contributed by atoms with Gasteiger partial charge in [0.25, 0.3) is 5.91 Å². The van der Waals surface area contributed by atoms with Crippen molar-refractivity contribution in [2.24, 2.45) is 0 Å². The normalized spacial score (nSPS) is 10.7. The molecule has 3 rings (SSSR count). The molecule has 0 aliphatic heterocycles. The van der Waals surface area contributed by atoms with Crippen molar-refractivity contribution in [1.29, 1.82) is 0 Å². The molecule has 0 saturated carbocycles. The van der Waals surface area contributed by atoms with Gasteiger partial charge in [-0.1, -0.05) is 41.4 Å². The summed E-state index contributed by atoms with van der Waals surface area (Å²) in [5, 5.41) is 9.80. The van der Waals surface area contributed by atoms with Gasteiger partial charge >= 0.3 is 5.97 Å². The summed E-state index contributed by atoms with van der Waals surface area (Å²) in [4.78, 5) is 25.4. The van der Waals surface area contributed by atoms with Crippen LogP contribution in [0.5, 0.6) is 0 Å². The first-order chi connectivity index (χ1) is 14.2. The third kappa shape index (κ3) is 5.34. The second-order valence-electron chi connectivity index (χ2n) is 6.56. The predicted molar refractivity (Wildman–Crippen MR) is 110 cm³/mol. The van der Waals surface area contributed by atoms with E-state index in [1.54, 1.807) is 24.3 Å². The van der Waals surface area contributed by atoms with Gasteiger partial charge in [-0.3, -0.25) is 4.79 Å². The van der Waals surface area contributed by atoms with Gasteiger partial charge in [0.05, 0.1) is 5.56 Å². The Kier molecular flexibility index (Phi) is 6.70. The summed E-state index contributed by atoms with van der Waals surface area (Å²) < 4.78 is 27.3. The molecule has 4 nitrogen and oxygen atoms in total. The topological polar surface area (TPSA) is 57.6 Å². The fraction of sp³-hybridized carbons (Fsp3) is 0.0909. The SMILES string of the molecule is O=C(O)c1ccc(CN(Cc2ccc(Cl)cc2Cl)C(=O)c2cc(F)cc(F)c2)cc1. The predicted octanol–water partition coefficient (Wildman–Crippen LogP) is 5.81. The lowest BCUT2D eigenvalue weighted by atomic mass is 10.1. The zero-order valence-electron chi connectivity index (χ0n) is 15.4. The van der Waals surface area contributed by atoms with Crippen molar-refractivity contribution in [2.75, 3.05) is 0 Å². The number of carboxylic acid groups (broad SMARTS) is 1. The Morgan fingerprint density at radius 3 is 2.03 bits per heavy atom. The Morgan fingerprint density at radius 1 is 0.833 bits per heavy atom. The van der Waals surface area contributed by atoms with Gasteiger partial charge in [-0.05, 0) is 47.5 Å². The maximum absolute atomic E-state index is 13.6. The van der Waals surface area contributed by atoms with Crippen molar-refractivity contribution in [2.45, 2.75) is 13.1 Å². The molecule has 0 aliphatic carbocycles. The average Bonchev–Trinajstić information content (AvgIpc) is 2.68. The minimum absolute atomic E-state index is 0.0493. The smallest absolute Gasteiger partial charge is 0.335 e. The molecule has 1 N–H and O–H groups in total. The van der Waals surface area contributed by atoms with E-state index in [4.69, 9.17) is 28.3 Å². The standard InChI is InChI=1S/C22H15Cl2F2NO3/c23-17-6-5-15(20(24)9-17)12-27(11-13-1-3-14(4-2-13)22(29)30)21(28)16-7-18(25)10-19(26)8-16/h1-10H,11-12H2,(H,29,30). The molecule has 0 fully saturated rings. The number of carbonyl (C=O) groups excluding carboxylic acids is 1. The minimum Gasteiger partial charge on any atom is -0.478 e. The van der Waals surface area contributed by atoms with Gasteiger partial charge in [0.1, 0.15) is 11.6 Å². The highest BCUT2D eigenvalue weighted by molar-refractivity contribution is 6.35. The summed E-state index contributed by atoms with van der Waals surface area (Å²) in [6.07, 6.45) is 0. The van der Waals surface area contributed by atoms with Crippen molar-refractivity contribution in [3.05, 3.63) is 105 Å². The lowest BCUT2D eigenvalue weighted by Gasteiger charge is -2.24. The number of nitrogens with zero attached hydrogens (tertiary/aromatic N) is 1. The Balaban J connectivity index is 1.94. The Labute approximate surface area is 181 Å². The molecule has 3 aromatic rings. The summed E-state index contributed by atoms with van der Waals surface area (Å²) in [6.45, 7) is 0.115. The molecule has 0 radical (unpaired) electrons. The second-order valence-corrected chi connectivity index (χ2v) is 7.40. The van der Waals surface area contributed by atoms with Crippen molar-refractivity contribution >= 4 is 35.1 Å². The number of amides is 1. The molecule has 0 aromatic heterocycles. The van der Waals surface area contributed by atoms with Gasteiger partial charge < -0.3 is 10.0 Å². The van der Waals surface area contributed by atoms with E-state index in [1.807, 2.05) is 0 Å². The van der Waals surface area contributed by atoms with Crippen LogP contribution in [0.4, 0.5) is 8.78 Å². The molecule has 30 heavy (non-hydrogen) atoms. The molecule has 8 heteroatoms. The van der Waals surface area contributed by atoms with E-state index in [0.29, 0.717) is 27.2 Å². The average molecular weight is 450 g/mol. The zero-order chi connectivity index (χ0) is 21.8. The molecule has 0 unspecified atom stereocenters. The summed E-state index contributed by atoms with van der Waals surface area (Å²) in [6, 6.07) is 13.4. The highest BCUT2D eigenvalue weighted by atomic mass is 35.5. The first kappa shape index (κ1) is 21.7. The minimum atomic E-state index is -1.07. The van der Waals surface area contributed by atoms with E-state index in [-0.39, 0.29) is 24.2 Å². The van der Waals surface area contributed by atoms with Gasteiger partial charge in [0.15, 0.2) is 0 Å². The van der Waals surface area contributed by atoms with E-state index < -0.39 is 23.5 Å². The van der Waals surface area contributed by atoms with Gasteiger partial charge in [-0.25, -0.2) is 13.6 Å². The number of halogens is 4. The second kappa shape index (κ2) is 9.24. The van der Waals surface area contributed by atoms with Crippen LogP contribution in [0.15, 0.2) is 60.7 Å². The van der Waals surface area contributed by atoms with Crippen molar-refractivity contribution < 1.29 is 23.5 Å². The first-order valence-electron chi connectivity index (χ1n) is 8.74. The van der Waals surface area contributed by atoms with E-state index in [9.17, 15) is 18.4 Å². The summed E-state index contributed by atoms with van der Waals surface area (Å²) in [5.74, 6) is -3.42. The molecule has 0 heterocycles. The van der Waals surface area contributed by atoms with Crippen LogP contribution >= 0.6 is 23.2 Å². The van der Waals surface area contributed by atoms with Crippen molar-refractivity contribution in [3.8, 4) is 0 Å². The number of benzene rings is 3. The molecule has 1 amide bonds. The molecular weight excluding hydrogens is 435 g/mol. The third-order valence-corrected chi connectivity index (χ3v) is 4.93. The van der Waals surface area contributed by atoms with Crippen LogP contribution in [0.3, 0.4) is 0 Å². The van der Waals surface area contributed by atoms with E-state index in [1.165, 1.54) is 23.1 Å². The number of carbonyl (C=O) groups is 2. The van der Waals surface area contributed by atoms with Crippen LogP contribution in [-0.4, -0.2) is 21.9 Å². The maximum atomic E-state index is 13.6. The number of hydrogen-bond acceptors (Lipinski definition) is 2. The zero-order valence-corrected chi connectivity index (χ0v) is 16.9. The van der Waals surface area contributed by atoms with Gasteiger partial charge in [0.2, 0.25) is 0 Å². The summed E-state index contributed by atoms with van der Waals surface area (Å²) >= 11 is 12.1. The van der Waals surface area contributed by atoms with Gasteiger partial charge in [-0.15, -0.1) is 0 Å². The van der Waals surface area contributed by atoms with Crippen LogP contribution in [0, 0.1) is 11.6 Å². The summed E-state index contributed by atoms with van der Waals surface area (Å²) in [5.41, 5.74) is 1.17. The highest BCUT2D eigenvalue weighted by Gasteiger charge is 2.20. The lowest BCUT2D eigenvalue weighted by Crippen LogP contribution is -2.30. The van der Waals surface area contributed by atoms with Crippen LogP contribution in [0.2, 0.25) is 10.0 Å². The van der Waals surface area contributed by atoms with Gasteiger partial charge in [0, 0.05) is 34.8 Å². The maximum Gasteiger partial charge on any atom is 0.335 e. The monoisotopic (exact) mass is 449 g/mol. The molecule has 154 valence electrons. The van der Waals surface area contributed by atoms with E-state index >= 15 is 0 Å². The van der Waals surface area contributed by atoms with Crippen LogP contribution < -0.4 is 0 Å². The summed E-state index contributed by atoms with van der Waals surface area (Å²) in [7, 11) is 0. The Morgan fingerprint density at radius 2 is 1.47 bits per heavy atom. The largest absolute Gasteiger partial charge is 0.478 e. The highest BCUT2D eigenvalue weighted by Crippen LogP contribution is 2.24.